The van der Waals surface area contributed by atoms with Crippen molar-refractivity contribution in [1.82, 2.24) is 30.4 Å². The Balaban J connectivity index is 1.73. The lowest BCUT2D eigenvalue weighted by Crippen LogP contribution is -2.40. The molecule has 0 saturated carbocycles. The highest BCUT2D eigenvalue weighted by atomic mass is 19.2. The first-order valence-corrected chi connectivity index (χ1v) is 7.20. The summed E-state index contributed by atoms with van der Waals surface area (Å²) in [5.74, 6) is -2.00. The largest absolute Gasteiger partial charge is 0.350 e. The number of rotatable bonds is 4. The summed E-state index contributed by atoms with van der Waals surface area (Å²) in [7, 11) is 1.89. The second kappa shape index (κ2) is 6.37. The lowest BCUT2D eigenvalue weighted by molar-refractivity contribution is -0.122. The minimum Gasteiger partial charge on any atom is -0.350 e. The number of benzene rings is 1. The van der Waals surface area contributed by atoms with Crippen molar-refractivity contribution < 1.29 is 13.6 Å². The number of nitrogens with zero attached hydrogens (tertiary/aromatic N) is 5. The van der Waals surface area contributed by atoms with Gasteiger partial charge in [-0.15, -0.1) is 5.10 Å². The van der Waals surface area contributed by atoms with Gasteiger partial charge in [-0.3, -0.25) is 9.69 Å². The van der Waals surface area contributed by atoms with Crippen molar-refractivity contribution in [3.05, 3.63) is 41.7 Å². The lowest BCUT2D eigenvalue weighted by atomic mass is 10.00. The van der Waals surface area contributed by atoms with E-state index in [0.29, 0.717) is 5.56 Å². The third-order valence-electron chi connectivity index (χ3n) is 3.98. The molecule has 1 aliphatic rings. The topological polar surface area (TPSA) is 75.9 Å². The Kier molecular flexibility index (Phi) is 4.28. The Morgan fingerprint density at radius 3 is 2.91 bits per heavy atom. The molecule has 1 fully saturated rings. The molecule has 1 aromatic carbocycles. The van der Waals surface area contributed by atoms with E-state index in [0.717, 1.165) is 19.0 Å². The van der Waals surface area contributed by atoms with E-state index < -0.39 is 11.6 Å². The van der Waals surface area contributed by atoms with Crippen LogP contribution in [0.25, 0.3) is 0 Å². The SMILES string of the molecule is CN1CC[C@H](NC(=O)Cn2cnnn2)[C@@H]1c1ccc(F)c(F)c1. The van der Waals surface area contributed by atoms with Gasteiger partial charge in [-0.1, -0.05) is 6.07 Å². The van der Waals surface area contributed by atoms with E-state index in [9.17, 15) is 13.6 Å². The van der Waals surface area contributed by atoms with Crippen LogP contribution in [0.4, 0.5) is 8.78 Å². The highest BCUT2D eigenvalue weighted by Crippen LogP contribution is 2.31. The maximum absolute atomic E-state index is 13.5. The quantitative estimate of drug-likeness (QED) is 0.888. The molecule has 9 heteroatoms. The summed E-state index contributed by atoms with van der Waals surface area (Å²) in [4.78, 5) is 14.1. The Hall–Kier alpha value is -2.42. The summed E-state index contributed by atoms with van der Waals surface area (Å²) in [5, 5.41) is 13.5. The molecular weight excluding hydrogens is 306 g/mol. The molecule has 2 heterocycles. The molecule has 2 aromatic rings. The van der Waals surface area contributed by atoms with Crippen LogP contribution in [0, 0.1) is 11.6 Å². The molecule has 0 spiro atoms. The average Bonchev–Trinajstić information content (AvgIpc) is 3.12. The van der Waals surface area contributed by atoms with Gasteiger partial charge in [0, 0.05) is 12.6 Å². The van der Waals surface area contributed by atoms with Crippen molar-refractivity contribution in [3.8, 4) is 0 Å². The third-order valence-corrected chi connectivity index (χ3v) is 3.98. The standard InChI is InChI=1S/C14H16F2N6O/c1-21-5-4-12(18-13(23)7-22-8-17-19-20-22)14(21)9-2-3-10(15)11(16)6-9/h2-3,6,8,12,14H,4-5,7H2,1H3,(H,18,23)/t12-,14-/m0/s1. The number of hydrogen-bond donors (Lipinski definition) is 1. The molecule has 1 aromatic heterocycles. The summed E-state index contributed by atoms with van der Waals surface area (Å²) in [6.45, 7) is 0.761. The van der Waals surface area contributed by atoms with Gasteiger partial charge in [-0.2, -0.15) is 0 Å². The van der Waals surface area contributed by atoms with Crippen molar-refractivity contribution in [2.45, 2.75) is 25.0 Å². The zero-order valence-corrected chi connectivity index (χ0v) is 12.5. The lowest BCUT2D eigenvalue weighted by Gasteiger charge is -2.26. The van der Waals surface area contributed by atoms with E-state index in [1.807, 2.05) is 11.9 Å². The number of carbonyl (C=O) groups excluding carboxylic acids is 1. The molecule has 0 aliphatic carbocycles. The Bertz CT molecular complexity index is 693. The zero-order chi connectivity index (χ0) is 16.4. The Labute approximate surface area is 131 Å². The van der Waals surface area contributed by atoms with E-state index in [-0.39, 0.29) is 24.5 Å². The maximum atomic E-state index is 13.5. The Morgan fingerprint density at radius 1 is 1.39 bits per heavy atom. The molecule has 0 radical (unpaired) electrons. The highest BCUT2D eigenvalue weighted by Gasteiger charge is 2.34. The summed E-state index contributed by atoms with van der Waals surface area (Å²) in [6, 6.07) is 3.45. The molecule has 7 nitrogen and oxygen atoms in total. The van der Waals surface area contributed by atoms with E-state index in [1.54, 1.807) is 6.07 Å². The van der Waals surface area contributed by atoms with Crippen LogP contribution in [0.5, 0.6) is 0 Å². The number of likely N-dealkylation sites (tertiary alicyclic amines) is 1. The fourth-order valence-corrected chi connectivity index (χ4v) is 2.93. The number of nitrogens with one attached hydrogen (secondary N) is 1. The van der Waals surface area contributed by atoms with Gasteiger partial charge >= 0.3 is 0 Å². The summed E-state index contributed by atoms with van der Waals surface area (Å²) >= 11 is 0. The number of hydrogen-bond acceptors (Lipinski definition) is 5. The summed E-state index contributed by atoms with van der Waals surface area (Å²) in [6.07, 6.45) is 2.08. The molecule has 0 unspecified atom stereocenters. The van der Waals surface area contributed by atoms with Crippen LogP contribution in [0.15, 0.2) is 24.5 Å². The molecule has 0 bridgehead atoms. The molecule has 1 aliphatic heterocycles. The predicted molar refractivity (Wildman–Crippen MR) is 76.1 cm³/mol. The van der Waals surface area contributed by atoms with Crippen molar-refractivity contribution >= 4 is 5.91 Å². The first-order valence-electron chi connectivity index (χ1n) is 7.20. The first-order chi connectivity index (χ1) is 11.0. The normalized spacial score (nSPS) is 21.5. The fraction of sp³-hybridized carbons (Fsp3) is 0.429. The minimum absolute atomic E-state index is 0.0116. The second-order valence-corrected chi connectivity index (χ2v) is 5.57. The van der Waals surface area contributed by atoms with Crippen LogP contribution in [0.2, 0.25) is 0 Å². The minimum atomic E-state index is -0.887. The number of aromatic nitrogens is 4. The molecule has 23 heavy (non-hydrogen) atoms. The van der Waals surface area contributed by atoms with Gasteiger partial charge in [0.2, 0.25) is 5.91 Å². The van der Waals surface area contributed by atoms with Gasteiger partial charge in [0.15, 0.2) is 11.6 Å². The average molecular weight is 322 g/mol. The molecular formula is C14H16F2N6O. The van der Waals surface area contributed by atoms with Gasteiger partial charge in [0.25, 0.3) is 0 Å². The third kappa shape index (κ3) is 3.34. The first kappa shape index (κ1) is 15.5. The van der Waals surface area contributed by atoms with Crippen molar-refractivity contribution in [1.29, 1.82) is 0 Å². The number of halogens is 2. The van der Waals surface area contributed by atoms with Crippen molar-refractivity contribution in [2.75, 3.05) is 13.6 Å². The maximum Gasteiger partial charge on any atom is 0.242 e. The molecule has 1 saturated heterocycles. The number of amides is 1. The fourth-order valence-electron chi connectivity index (χ4n) is 2.93. The van der Waals surface area contributed by atoms with E-state index in [4.69, 9.17) is 0 Å². The van der Waals surface area contributed by atoms with Crippen LogP contribution in [-0.2, 0) is 11.3 Å². The number of tetrazole rings is 1. The summed E-state index contributed by atoms with van der Waals surface area (Å²) in [5.41, 5.74) is 0.636. The van der Waals surface area contributed by atoms with Crippen LogP contribution in [0.1, 0.15) is 18.0 Å². The van der Waals surface area contributed by atoms with E-state index in [2.05, 4.69) is 20.8 Å². The second-order valence-electron chi connectivity index (χ2n) is 5.57. The van der Waals surface area contributed by atoms with Crippen LogP contribution < -0.4 is 5.32 Å². The predicted octanol–water partition coefficient (Wildman–Crippen LogP) is 0.513. The number of carbonyl (C=O) groups is 1. The van der Waals surface area contributed by atoms with Crippen LogP contribution in [0.3, 0.4) is 0 Å². The van der Waals surface area contributed by atoms with Crippen LogP contribution >= 0.6 is 0 Å². The van der Waals surface area contributed by atoms with Gasteiger partial charge in [-0.25, -0.2) is 13.5 Å². The molecule has 1 N–H and O–H groups in total. The highest BCUT2D eigenvalue weighted by molar-refractivity contribution is 5.76. The molecule has 3 rings (SSSR count). The zero-order valence-electron chi connectivity index (χ0n) is 12.5. The van der Waals surface area contributed by atoms with Gasteiger partial charge < -0.3 is 5.32 Å². The van der Waals surface area contributed by atoms with Crippen LogP contribution in [-0.4, -0.2) is 50.6 Å². The number of likely N-dealkylation sites (N-methyl/N-ethyl adjacent to an activating group) is 1. The van der Waals surface area contributed by atoms with Crippen molar-refractivity contribution in [3.63, 3.8) is 0 Å². The molecule has 2 atom stereocenters. The smallest absolute Gasteiger partial charge is 0.242 e. The molecule has 122 valence electrons. The van der Waals surface area contributed by atoms with Gasteiger partial charge in [0.1, 0.15) is 12.9 Å². The van der Waals surface area contributed by atoms with Gasteiger partial charge in [0.05, 0.1) is 6.04 Å². The van der Waals surface area contributed by atoms with Crippen molar-refractivity contribution in [2.24, 2.45) is 0 Å². The van der Waals surface area contributed by atoms with E-state index in [1.165, 1.54) is 17.1 Å². The van der Waals surface area contributed by atoms with Gasteiger partial charge in [-0.05, 0) is 41.6 Å². The Morgan fingerprint density at radius 2 is 2.22 bits per heavy atom. The monoisotopic (exact) mass is 322 g/mol. The summed E-state index contributed by atoms with van der Waals surface area (Å²) < 4.78 is 27.9. The van der Waals surface area contributed by atoms with E-state index >= 15 is 0 Å². The molecule has 1 amide bonds.